The predicted octanol–water partition coefficient (Wildman–Crippen LogP) is 1.83. The highest BCUT2D eigenvalue weighted by molar-refractivity contribution is 5.78. The van der Waals surface area contributed by atoms with Gasteiger partial charge in [-0.15, -0.1) is 0 Å². The molecular formula is C15H21NO4. The highest BCUT2D eigenvalue weighted by atomic mass is 16.5. The van der Waals surface area contributed by atoms with Gasteiger partial charge in [0.25, 0.3) is 0 Å². The third kappa shape index (κ3) is 5.40. The zero-order chi connectivity index (χ0) is 15.0. The lowest BCUT2D eigenvalue weighted by molar-refractivity contribution is -0.143. The maximum atomic E-state index is 11.9. The molecule has 5 nitrogen and oxygen atoms in total. The monoisotopic (exact) mass is 279 g/mol. The fraction of sp³-hybridized carbons (Fsp3) is 0.467. The summed E-state index contributed by atoms with van der Waals surface area (Å²) >= 11 is 0. The lowest BCUT2D eigenvalue weighted by Gasteiger charge is -2.17. The third-order valence-corrected chi connectivity index (χ3v) is 3.05. The van der Waals surface area contributed by atoms with Gasteiger partial charge < -0.3 is 14.8 Å². The van der Waals surface area contributed by atoms with E-state index in [2.05, 4.69) is 10.1 Å². The highest BCUT2D eigenvalue weighted by Gasteiger charge is 2.18. The van der Waals surface area contributed by atoms with Gasteiger partial charge in [-0.25, -0.2) is 0 Å². The second-order valence-corrected chi connectivity index (χ2v) is 4.54. The lowest BCUT2D eigenvalue weighted by atomic mass is 10.1. The molecule has 0 aromatic heterocycles. The summed E-state index contributed by atoms with van der Waals surface area (Å²) in [7, 11) is 2.79. The summed E-state index contributed by atoms with van der Waals surface area (Å²) in [5.41, 5.74) is 1.03. The van der Waals surface area contributed by atoms with Crippen LogP contribution in [0.5, 0.6) is 0 Å². The zero-order valence-corrected chi connectivity index (χ0v) is 12.1. The summed E-state index contributed by atoms with van der Waals surface area (Å²) < 4.78 is 9.68. The Kier molecular flexibility index (Phi) is 6.73. The topological polar surface area (TPSA) is 64.6 Å². The van der Waals surface area contributed by atoms with E-state index in [0.29, 0.717) is 0 Å². The molecule has 1 aromatic carbocycles. The van der Waals surface area contributed by atoms with E-state index >= 15 is 0 Å². The van der Waals surface area contributed by atoms with Crippen molar-refractivity contribution in [3.63, 3.8) is 0 Å². The van der Waals surface area contributed by atoms with Crippen molar-refractivity contribution in [2.75, 3.05) is 14.2 Å². The van der Waals surface area contributed by atoms with Crippen LogP contribution in [0.4, 0.5) is 0 Å². The van der Waals surface area contributed by atoms with Gasteiger partial charge in [-0.3, -0.25) is 9.59 Å². The second kappa shape index (κ2) is 8.32. The Hall–Kier alpha value is -1.88. The number of esters is 1. The molecule has 5 heteroatoms. The van der Waals surface area contributed by atoms with Gasteiger partial charge in [0.1, 0.15) is 0 Å². The number of hydrogen-bond donors (Lipinski definition) is 1. The van der Waals surface area contributed by atoms with Gasteiger partial charge in [0.15, 0.2) is 0 Å². The molecule has 1 amide bonds. The first kappa shape index (κ1) is 16.2. The second-order valence-electron chi connectivity index (χ2n) is 4.54. The molecule has 0 saturated heterocycles. The predicted molar refractivity (Wildman–Crippen MR) is 75.0 cm³/mol. The van der Waals surface area contributed by atoms with Crippen molar-refractivity contribution in [2.24, 2.45) is 0 Å². The van der Waals surface area contributed by atoms with Gasteiger partial charge >= 0.3 is 5.97 Å². The van der Waals surface area contributed by atoms with E-state index in [4.69, 9.17) is 4.74 Å². The molecule has 0 saturated carbocycles. The average Bonchev–Trinajstić information content (AvgIpc) is 2.47. The smallest absolute Gasteiger partial charge is 0.308 e. The van der Waals surface area contributed by atoms with Crippen molar-refractivity contribution in [3.8, 4) is 0 Å². The van der Waals surface area contributed by atoms with Crippen LogP contribution in [0.3, 0.4) is 0 Å². The summed E-state index contributed by atoms with van der Waals surface area (Å²) in [6.45, 7) is 1.91. The van der Waals surface area contributed by atoms with Crippen LogP contribution in [-0.2, 0) is 19.1 Å². The van der Waals surface area contributed by atoms with E-state index in [9.17, 15) is 9.59 Å². The Balaban J connectivity index is 2.47. The molecular weight excluding hydrogens is 258 g/mol. The van der Waals surface area contributed by atoms with Crippen LogP contribution < -0.4 is 5.32 Å². The van der Waals surface area contributed by atoms with Crippen LogP contribution in [0.15, 0.2) is 30.3 Å². The molecule has 0 heterocycles. The third-order valence-electron chi connectivity index (χ3n) is 3.05. The summed E-state index contributed by atoms with van der Waals surface area (Å²) in [5, 5.41) is 2.88. The number of carbonyl (C=O) groups excluding carboxylic acids is 2. The molecule has 0 aliphatic carbocycles. The summed E-state index contributed by atoms with van der Waals surface area (Å²) in [6, 6.07) is 9.59. The fourth-order valence-corrected chi connectivity index (χ4v) is 1.84. The number of rotatable bonds is 7. The Morgan fingerprint density at radius 1 is 1.15 bits per heavy atom. The number of nitrogens with one attached hydrogen (secondary N) is 1. The molecule has 0 aliphatic heterocycles. The molecule has 1 aromatic rings. The van der Waals surface area contributed by atoms with Crippen LogP contribution in [0.1, 0.15) is 31.4 Å². The Morgan fingerprint density at radius 2 is 1.80 bits per heavy atom. The van der Waals surface area contributed by atoms with Crippen molar-refractivity contribution in [2.45, 2.75) is 31.9 Å². The number of methoxy groups -OCH3 is 2. The first-order valence-corrected chi connectivity index (χ1v) is 6.50. The molecule has 0 aliphatic rings. The maximum absolute atomic E-state index is 11.9. The van der Waals surface area contributed by atoms with Crippen LogP contribution in [0.25, 0.3) is 0 Å². The van der Waals surface area contributed by atoms with E-state index in [1.165, 1.54) is 14.2 Å². The maximum Gasteiger partial charge on any atom is 0.308 e. The van der Waals surface area contributed by atoms with E-state index in [1.54, 1.807) is 0 Å². The van der Waals surface area contributed by atoms with Crippen molar-refractivity contribution in [1.82, 2.24) is 5.32 Å². The summed E-state index contributed by atoms with van der Waals surface area (Å²) in [5.74, 6) is -0.544. The largest absolute Gasteiger partial charge is 0.469 e. The Bertz CT molecular complexity index is 433. The molecule has 0 fully saturated rings. The highest BCUT2D eigenvalue weighted by Crippen LogP contribution is 2.12. The number of hydrogen-bond acceptors (Lipinski definition) is 4. The molecule has 2 atom stereocenters. The minimum absolute atomic E-state index is 0.0696. The van der Waals surface area contributed by atoms with Crippen LogP contribution in [-0.4, -0.2) is 32.2 Å². The van der Waals surface area contributed by atoms with Gasteiger partial charge in [-0.05, 0) is 12.5 Å². The number of benzene rings is 1. The molecule has 0 radical (unpaired) electrons. The van der Waals surface area contributed by atoms with Crippen LogP contribution >= 0.6 is 0 Å². The van der Waals surface area contributed by atoms with E-state index in [1.807, 2.05) is 37.3 Å². The fourth-order valence-electron chi connectivity index (χ4n) is 1.84. The normalized spacial score (nSPS) is 13.3. The minimum Gasteiger partial charge on any atom is -0.469 e. The SMILES string of the molecule is COC(=O)C[C@@H](CC(=O)N[C@@H](C)c1ccccc1)OC. The number of ether oxygens (including phenoxy) is 2. The first-order valence-electron chi connectivity index (χ1n) is 6.50. The minimum atomic E-state index is -0.467. The van der Waals surface area contributed by atoms with Gasteiger partial charge in [-0.2, -0.15) is 0 Å². The summed E-state index contributed by atoms with van der Waals surface area (Å²) in [6.07, 6.45) is -0.270. The molecule has 20 heavy (non-hydrogen) atoms. The van der Waals surface area contributed by atoms with Crippen molar-refractivity contribution >= 4 is 11.9 Å². The van der Waals surface area contributed by atoms with Gasteiger partial charge in [0, 0.05) is 7.11 Å². The van der Waals surface area contributed by atoms with E-state index in [-0.39, 0.29) is 30.8 Å². The molecule has 0 spiro atoms. The van der Waals surface area contributed by atoms with E-state index < -0.39 is 6.10 Å². The van der Waals surface area contributed by atoms with E-state index in [0.717, 1.165) is 5.56 Å². The van der Waals surface area contributed by atoms with Gasteiger partial charge in [0.2, 0.25) is 5.91 Å². The van der Waals surface area contributed by atoms with Crippen molar-refractivity contribution in [3.05, 3.63) is 35.9 Å². The average molecular weight is 279 g/mol. The molecule has 0 bridgehead atoms. The Labute approximate surface area is 119 Å². The molecule has 110 valence electrons. The van der Waals surface area contributed by atoms with Crippen LogP contribution in [0.2, 0.25) is 0 Å². The number of amides is 1. The van der Waals surface area contributed by atoms with Crippen molar-refractivity contribution < 1.29 is 19.1 Å². The van der Waals surface area contributed by atoms with Gasteiger partial charge in [-0.1, -0.05) is 30.3 Å². The van der Waals surface area contributed by atoms with Crippen molar-refractivity contribution in [1.29, 1.82) is 0 Å². The molecule has 0 unspecified atom stereocenters. The summed E-state index contributed by atoms with van der Waals surface area (Å²) in [4.78, 5) is 23.1. The van der Waals surface area contributed by atoms with Gasteiger partial charge in [0.05, 0.1) is 32.1 Å². The molecule has 1 rings (SSSR count). The first-order chi connectivity index (χ1) is 9.56. The van der Waals surface area contributed by atoms with Crippen LogP contribution in [0, 0.1) is 0 Å². The molecule has 1 N–H and O–H groups in total. The standard InChI is InChI=1S/C15H21NO4/c1-11(12-7-5-4-6-8-12)16-14(17)9-13(19-2)10-15(18)20-3/h4-8,11,13H,9-10H2,1-3H3,(H,16,17)/t11-,13+/m0/s1. The number of carbonyl (C=O) groups is 2. The zero-order valence-electron chi connectivity index (χ0n) is 12.1. The quantitative estimate of drug-likeness (QED) is 0.773. The lowest BCUT2D eigenvalue weighted by Crippen LogP contribution is -2.31. The Morgan fingerprint density at radius 3 is 2.35 bits per heavy atom.